The Morgan fingerprint density at radius 2 is 2.05 bits per heavy atom. The second-order valence-corrected chi connectivity index (χ2v) is 5.12. The average Bonchev–Trinajstić information content (AvgIpc) is 2.49. The van der Waals surface area contributed by atoms with E-state index >= 15 is 0 Å². The highest BCUT2D eigenvalue weighted by Crippen LogP contribution is 2.23. The largest absolute Gasteiger partial charge is 0.492 e. The number of nitrogens with zero attached hydrogens (tertiary/aromatic N) is 1. The molecule has 0 aromatic heterocycles. The lowest BCUT2D eigenvalue weighted by atomic mass is 10.2. The number of nitriles is 1. The number of hydrogen-bond acceptors (Lipinski definition) is 3. The fraction of sp³-hybridized carbons (Fsp3) is 0.125. The molecule has 0 radical (unpaired) electrons. The summed E-state index contributed by atoms with van der Waals surface area (Å²) in [4.78, 5) is 11.8. The van der Waals surface area contributed by atoms with Gasteiger partial charge in [-0.2, -0.15) is 5.26 Å². The molecule has 21 heavy (non-hydrogen) atoms. The van der Waals surface area contributed by atoms with E-state index in [9.17, 15) is 4.79 Å². The summed E-state index contributed by atoms with van der Waals surface area (Å²) in [5, 5.41) is 11.5. The molecule has 2 rings (SSSR count). The Bertz CT molecular complexity index is 680. The Morgan fingerprint density at radius 1 is 1.24 bits per heavy atom. The number of benzene rings is 2. The first-order chi connectivity index (χ1) is 10.2. The van der Waals surface area contributed by atoms with Crippen molar-refractivity contribution < 1.29 is 9.53 Å². The Kier molecular flexibility index (Phi) is 5.35. The van der Waals surface area contributed by atoms with Gasteiger partial charge in [-0.05, 0) is 46.3 Å². The van der Waals surface area contributed by atoms with Crippen LogP contribution in [0.15, 0.2) is 53.0 Å². The summed E-state index contributed by atoms with van der Waals surface area (Å²) in [6, 6.07) is 16.3. The summed E-state index contributed by atoms with van der Waals surface area (Å²) in [5.41, 5.74) is 1.12. The smallest absolute Gasteiger partial charge is 0.227 e. The van der Waals surface area contributed by atoms with Crippen molar-refractivity contribution in [3.05, 3.63) is 58.6 Å². The van der Waals surface area contributed by atoms with Crippen LogP contribution >= 0.6 is 15.9 Å². The number of anilines is 1. The van der Waals surface area contributed by atoms with E-state index in [4.69, 9.17) is 10.00 Å². The molecule has 0 bridgehead atoms. The highest BCUT2D eigenvalue weighted by molar-refractivity contribution is 9.10. The van der Waals surface area contributed by atoms with Gasteiger partial charge in [0.05, 0.1) is 29.1 Å². The summed E-state index contributed by atoms with van der Waals surface area (Å²) in [6.07, 6.45) is 0.234. The number of hydrogen-bond donors (Lipinski definition) is 1. The number of ether oxygens (including phenoxy) is 1. The van der Waals surface area contributed by atoms with Crippen LogP contribution in [0, 0.1) is 11.3 Å². The van der Waals surface area contributed by atoms with Gasteiger partial charge >= 0.3 is 0 Å². The van der Waals surface area contributed by atoms with E-state index in [2.05, 4.69) is 21.2 Å². The molecule has 0 spiro atoms. The first kappa shape index (κ1) is 15.1. The van der Waals surface area contributed by atoms with Crippen LogP contribution in [-0.2, 0) is 4.79 Å². The molecular formula is C16H13BrN2O2. The minimum absolute atomic E-state index is 0.155. The Balaban J connectivity index is 1.83. The number of nitrogens with one attached hydrogen (secondary N) is 1. The number of carbonyl (C=O) groups is 1. The monoisotopic (exact) mass is 344 g/mol. The van der Waals surface area contributed by atoms with E-state index in [0.29, 0.717) is 17.0 Å². The molecule has 0 aliphatic rings. The molecule has 4 nitrogen and oxygen atoms in total. The van der Waals surface area contributed by atoms with E-state index in [1.54, 1.807) is 24.3 Å². The van der Waals surface area contributed by atoms with Gasteiger partial charge in [0.2, 0.25) is 5.91 Å². The molecule has 0 heterocycles. The van der Waals surface area contributed by atoms with Gasteiger partial charge in [0.1, 0.15) is 5.75 Å². The molecule has 1 N–H and O–H groups in total. The van der Waals surface area contributed by atoms with Gasteiger partial charge in [0.25, 0.3) is 0 Å². The summed E-state index contributed by atoms with van der Waals surface area (Å²) >= 11 is 3.38. The van der Waals surface area contributed by atoms with Crippen molar-refractivity contribution in [3.8, 4) is 11.8 Å². The molecule has 5 heteroatoms. The van der Waals surface area contributed by atoms with E-state index in [1.165, 1.54) is 0 Å². The van der Waals surface area contributed by atoms with Crippen molar-refractivity contribution in [2.45, 2.75) is 6.42 Å². The molecule has 0 saturated carbocycles. The van der Waals surface area contributed by atoms with Gasteiger partial charge in [-0.25, -0.2) is 0 Å². The molecule has 2 aromatic carbocycles. The van der Waals surface area contributed by atoms with E-state index < -0.39 is 0 Å². The van der Waals surface area contributed by atoms with Crippen LogP contribution in [0.4, 0.5) is 5.69 Å². The van der Waals surface area contributed by atoms with Gasteiger partial charge in [0.15, 0.2) is 0 Å². The van der Waals surface area contributed by atoms with Gasteiger partial charge in [0, 0.05) is 5.69 Å². The maximum absolute atomic E-state index is 11.8. The Hall–Kier alpha value is -2.32. The summed E-state index contributed by atoms with van der Waals surface area (Å²) in [6.45, 7) is 0.284. The molecule has 0 saturated heterocycles. The molecule has 106 valence electrons. The first-order valence-electron chi connectivity index (χ1n) is 6.36. The minimum Gasteiger partial charge on any atom is -0.492 e. The van der Waals surface area contributed by atoms with Crippen LogP contribution in [0.5, 0.6) is 5.75 Å². The number of amides is 1. The van der Waals surface area contributed by atoms with Crippen LogP contribution in [0.3, 0.4) is 0 Å². The Morgan fingerprint density at radius 3 is 2.81 bits per heavy atom. The quantitative estimate of drug-likeness (QED) is 0.898. The Labute approximate surface area is 131 Å². The molecule has 2 aromatic rings. The van der Waals surface area contributed by atoms with Crippen molar-refractivity contribution in [2.75, 3.05) is 11.9 Å². The zero-order chi connectivity index (χ0) is 15.1. The van der Waals surface area contributed by atoms with Crippen LogP contribution in [0.25, 0.3) is 0 Å². The zero-order valence-corrected chi connectivity index (χ0v) is 12.8. The van der Waals surface area contributed by atoms with Crippen LogP contribution < -0.4 is 10.1 Å². The SMILES string of the molecule is N#Cc1cccc(NC(=O)CCOc2ccccc2Br)c1. The van der Waals surface area contributed by atoms with Crippen LogP contribution in [0.1, 0.15) is 12.0 Å². The zero-order valence-electron chi connectivity index (χ0n) is 11.2. The van der Waals surface area contributed by atoms with Gasteiger partial charge in [-0.3, -0.25) is 4.79 Å². The van der Waals surface area contributed by atoms with Crippen molar-refractivity contribution in [3.63, 3.8) is 0 Å². The predicted molar refractivity (Wildman–Crippen MR) is 84.0 cm³/mol. The fourth-order valence-corrected chi connectivity index (χ4v) is 2.10. The molecule has 0 fully saturated rings. The van der Waals surface area contributed by atoms with Gasteiger partial charge in [-0.15, -0.1) is 0 Å². The highest BCUT2D eigenvalue weighted by atomic mass is 79.9. The highest BCUT2D eigenvalue weighted by Gasteiger charge is 2.05. The first-order valence-corrected chi connectivity index (χ1v) is 7.15. The van der Waals surface area contributed by atoms with Gasteiger partial charge in [-0.1, -0.05) is 18.2 Å². The second-order valence-electron chi connectivity index (χ2n) is 4.27. The molecule has 0 atom stereocenters. The fourth-order valence-electron chi connectivity index (χ4n) is 1.71. The lowest BCUT2D eigenvalue weighted by Gasteiger charge is -2.08. The topological polar surface area (TPSA) is 62.1 Å². The summed E-state index contributed by atoms with van der Waals surface area (Å²) in [7, 11) is 0. The van der Waals surface area contributed by atoms with Gasteiger partial charge < -0.3 is 10.1 Å². The van der Waals surface area contributed by atoms with Crippen molar-refractivity contribution in [2.24, 2.45) is 0 Å². The number of para-hydroxylation sites is 1. The molecular weight excluding hydrogens is 332 g/mol. The normalized spacial score (nSPS) is 9.71. The number of carbonyl (C=O) groups excluding carboxylic acids is 1. The standard InChI is InChI=1S/C16H13BrN2O2/c17-14-6-1-2-7-15(14)21-9-8-16(20)19-13-5-3-4-12(10-13)11-18/h1-7,10H,8-9H2,(H,19,20). The lowest BCUT2D eigenvalue weighted by Crippen LogP contribution is -2.15. The molecule has 0 unspecified atom stereocenters. The van der Waals surface area contributed by atoms with Crippen molar-refractivity contribution >= 4 is 27.5 Å². The maximum atomic E-state index is 11.8. The number of rotatable bonds is 5. The summed E-state index contributed by atoms with van der Waals surface area (Å²) in [5.74, 6) is 0.550. The molecule has 0 aliphatic heterocycles. The van der Waals surface area contributed by atoms with Crippen molar-refractivity contribution in [1.29, 1.82) is 5.26 Å². The maximum Gasteiger partial charge on any atom is 0.227 e. The third-order valence-electron chi connectivity index (χ3n) is 2.70. The molecule has 0 aliphatic carbocycles. The van der Waals surface area contributed by atoms with Crippen LogP contribution in [0.2, 0.25) is 0 Å². The number of halogens is 1. The van der Waals surface area contributed by atoms with E-state index in [-0.39, 0.29) is 18.9 Å². The predicted octanol–water partition coefficient (Wildman–Crippen LogP) is 3.73. The van der Waals surface area contributed by atoms with E-state index in [1.807, 2.05) is 30.3 Å². The lowest BCUT2D eigenvalue weighted by molar-refractivity contribution is -0.116. The van der Waals surface area contributed by atoms with Crippen molar-refractivity contribution in [1.82, 2.24) is 0 Å². The van der Waals surface area contributed by atoms with Crippen LogP contribution in [-0.4, -0.2) is 12.5 Å². The second kappa shape index (κ2) is 7.46. The third-order valence-corrected chi connectivity index (χ3v) is 3.35. The summed E-state index contributed by atoms with van der Waals surface area (Å²) < 4.78 is 6.38. The third kappa shape index (κ3) is 4.62. The minimum atomic E-state index is -0.155. The van der Waals surface area contributed by atoms with E-state index in [0.717, 1.165) is 4.47 Å². The average molecular weight is 345 g/mol. The molecule has 1 amide bonds.